The molecule has 100 valence electrons. The largest absolute Gasteiger partial charge is 0.478 e. The normalized spacial score (nSPS) is 12.1. The molecule has 0 aromatic carbocycles. The highest BCUT2D eigenvalue weighted by atomic mass is 32.1. The first-order valence-electron chi connectivity index (χ1n) is 5.88. The third-order valence-corrected chi connectivity index (χ3v) is 3.84. The Morgan fingerprint density at radius 2 is 2.16 bits per heavy atom. The van der Waals surface area contributed by atoms with Gasteiger partial charge in [0.05, 0.1) is 5.56 Å². The van der Waals surface area contributed by atoms with Crippen molar-refractivity contribution >= 4 is 23.3 Å². The highest BCUT2D eigenvalue weighted by molar-refractivity contribution is 7.09. The summed E-state index contributed by atoms with van der Waals surface area (Å²) in [5.41, 5.74) is 0.100. The number of hydrogen-bond acceptors (Lipinski definition) is 5. The molecule has 1 unspecified atom stereocenters. The molecule has 0 aliphatic rings. The third-order valence-electron chi connectivity index (χ3n) is 2.94. The van der Waals surface area contributed by atoms with Crippen molar-refractivity contribution < 1.29 is 9.90 Å². The Balaban J connectivity index is 2.06. The van der Waals surface area contributed by atoms with E-state index in [0.717, 1.165) is 6.42 Å². The van der Waals surface area contributed by atoms with Crippen LogP contribution in [-0.4, -0.2) is 34.1 Å². The van der Waals surface area contributed by atoms with Crippen LogP contribution in [0.25, 0.3) is 0 Å². The van der Waals surface area contributed by atoms with Crippen LogP contribution in [0.1, 0.15) is 22.2 Å². The molecule has 6 heteroatoms. The summed E-state index contributed by atoms with van der Waals surface area (Å²) in [6, 6.07) is 4.38. The van der Waals surface area contributed by atoms with Crippen LogP contribution in [0.3, 0.4) is 0 Å². The molecule has 0 aliphatic carbocycles. The van der Waals surface area contributed by atoms with E-state index >= 15 is 0 Å². The van der Waals surface area contributed by atoms with Crippen LogP contribution in [-0.2, 0) is 6.42 Å². The monoisotopic (exact) mass is 277 g/mol. The maximum Gasteiger partial charge on any atom is 0.338 e. The first-order valence-corrected chi connectivity index (χ1v) is 6.76. The van der Waals surface area contributed by atoms with Gasteiger partial charge in [-0.15, -0.1) is 11.3 Å². The summed E-state index contributed by atoms with van der Waals surface area (Å²) in [6.45, 7) is 2.09. The SMILES string of the molecule is CC(Cc1cccs1)N(C)c1ncc(C(=O)O)cn1. The number of hydrogen-bond donors (Lipinski definition) is 1. The van der Waals surface area contributed by atoms with Crippen molar-refractivity contribution in [3.63, 3.8) is 0 Å². The van der Waals surface area contributed by atoms with E-state index in [1.807, 2.05) is 18.0 Å². The maximum absolute atomic E-state index is 10.7. The number of carboxylic acids is 1. The Morgan fingerprint density at radius 3 is 2.68 bits per heavy atom. The molecular weight excluding hydrogens is 262 g/mol. The molecule has 0 spiro atoms. The van der Waals surface area contributed by atoms with E-state index in [1.54, 1.807) is 11.3 Å². The number of carboxylic acid groups (broad SMARTS) is 1. The molecule has 2 aromatic heterocycles. The predicted molar refractivity (Wildman–Crippen MR) is 74.9 cm³/mol. The summed E-state index contributed by atoms with van der Waals surface area (Å²) in [4.78, 5) is 22.2. The lowest BCUT2D eigenvalue weighted by atomic mass is 10.2. The van der Waals surface area contributed by atoms with Crippen LogP contribution in [0.4, 0.5) is 5.95 Å². The van der Waals surface area contributed by atoms with Crippen LogP contribution < -0.4 is 4.90 Å². The van der Waals surface area contributed by atoms with Gasteiger partial charge < -0.3 is 10.0 Å². The molecule has 1 N–H and O–H groups in total. The van der Waals surface area contributed by atoms with E-state index in [4.69, 9.17) is 5.11 Å². The van der Waals surface area contributed by atoms with Crippen LogP contribution >= 0.6 is 11.3 Å². The van der Waals surface area contributed by atoms with E-state index < -0.39 is 5.97 Å². The van der Waals surface area contributed by atoms with Gasteiger partial charge in [0.25, 0.3) is 0 Å². The summed E-state index contributed by atoms with van der Waals surface area (Å²) < 4.78 is 0. The number of thiophene rings is 1. The van der Waals surface area contributed by atoms with Crippen LogP contribution in [0.15, 0.2) is 29.9 Å². The molecule has 19 heavy (non-hydrogen) atoms. The summed E-state index contributed by atoms with van der Waals surface area (Å²) in [5.74, 6) is -0.477. The molecule has 5 nitrogen and oxygen atoms in total. The fourth-order valence-electron chi connectivity index (χ4n) is 1.67. The molecule has 0 bridgehead atoms. The van der Waals surface area contributed by atoms with Gasteiger partial charge in [0.1, 0.15) is 0 Å². The van der Waals surface area contributed by atoms with Gasteiger partial charge in [-0.25, -0.2) is 14.8 Å². The highest BCUT2D eigenvalue weighted by Crippen LogP contribution is 2.16. The first kappa shape index (κ1) is 13.5. The van der Waals surface area contributed by atoms with E-state index in [0.29, 0.717) is 5.95 Å². The molecule has 0 saturated heterocycles. The molecular formula is C13H15N3O2S. The zero-order chi connectivity index (χ0) is 13.8. The minimum atomic E-state index is -1.01. The predicted octanol–water partition coefficient (Wildman–Crippen LogP) is 2.30. The zero-order valence-corrected chi connectivity index (χ0v) is 11.6. The number of likely N-dealkylation sites (N-methyl/N-ethyl adjacent to an activating group) is 1. The fraction of sp³-hybridized carbons (Fsp3) is 0.308. The second-order valence-electron chi connectivity index (χ2n) is 4.32. The summed E-state index contributed by atoms with van der Waals surface area (Å²) in [6.07, 6.45) is 3.58. The van der Waals surface area contributed by atoms with Crippen molar-refractivity contribution in [2.45, 2.75) is 19.4 Å². The number of carbonyl (C=O) groups is 1. The van der Waals surface area contributed by atoms with Gasteiger partial charge >= 0.3 is 5.97 Å². The Hall–Kier alpha value is -1.95. The number of nitrogens with zero attached hydrogens (tertiary/aromatic N) is 3. The highest BCUT2D eigenvalue weighted by Gasteiger charge is 2.14. The van der Waals surface area contributed by atoms with Gasteiger partial charge in [0.2, 0.25) is 5.95 Å². The Bertz CT molecular complexity index is 540. The number of aromatic carboxylic acids is 1. The van der Waals surface area contributed by atoms with Gasteiger partial charge in [0.15, 0.2) is 0 Å². The van der Waals surface area contributed by atoms with Gasteiger partial charge in [0, 0.05) is 36.8 Å². The average molecular weight is 277 g/mol. The van der Waals surface area contributed by atoms with Gasteiger partial charge in [-0.1, -0.05) is 6.07 Å². The van der Waals surface area contributed by atoms with E-state index in [-0.39, 0.29) is 11.6 Å². The van der Waals surface area contributed by atoms with Crippen molar-refractivity contribution in [2.24, 2.45) is 0 Å². The fourth-order valence-corrected chi connectivity index (χ4v) is 2.49. The lowest BCUT2D eigenvalue weighted by Gasteiger charge is -2.24. The smallest absolute Gasteiger partial charge is 0.338 e. The van der Waals surface area contributed by atoms with Crippen molar-refractivity contribution in [2.75, 3.05) is 11.9 Å². The molecule has 0 saturated carbocycles. The van der Waals surface area contributed by atoms with Crippen molar-refractivity contribution in [3.05, 3.63) is 40.3 Å². The van der Waals surface area contributed by atoms with Crippen molar-refractivity contribution in [1.82, 2.24) is 9.97 Å². The van der Waals surface area contributed by atoms with Gasteiger partial charge in [-0.05, 0) is 18.4 Å². The van der Waals surface area contributed by atoms with E-state index in [2.05, 4.69) is 28.3 Å². The minimum absolute atomic E-state index is 0.100. The van der Waals surface area contributed by atoms with Crippen LogP contribution in [0.2, 0.25) is 0 Å². The second kappa shape index (κ2) is 5.79. The molecule has 0 aliphatic heterocycles. The average Bonchev–Trinajstić information content (AvgIpc) is 2.90. The lowest BCUT2D eigenvalue weighted by molar-refractivity contribution is 0.0696. The standard InChI is InChI=1S/C13H15N3O2S/c1-9(6-11-4-3-5-19-11)16(2)13-14-7-10(8-15-13)12(17)18/h3-5,7-9H,6H2,1-2H3,(H,17,18). The molecule has 0 amide bonds. The quantitative estimate of drug-likeness (QED) is 0.908. The van der Waals surface area contributed by atoms with Gasteiger partial charge in [-0.3, -0.25) is 0 Å². The number of rotatable bonds is 5. The second-order valence-corrected chi connectivity index (χ2v) is 5.35. The molecule has 2 heterocycles. The molecule has 2 rings (SSSR count). The molecule has 0 fully saturated rings. The number of anilines is 1. The van der Waals surface area contributed by atoms with Crippen molar-refractivity contribution in [1.29, 1.82) is 0 Å². The maximum atomic E-state index is 10.7. The minimum Gasteiger partial charge on any atom is -0.478 e. The zero-order valence-electron chi connectivity index (χ0n) is 10.8. The summed E-state index contributed by atoms with van der Waals surface area (Å²) >= 11 is 1.73. The van der Waals surface area contributed by atoms with E-state index in [1.165, 1.54) is 17.3 Å². The molecule has 2 aromatic rings. The molecule has 1 atom stereocenters. The third kappa shape index (κ3) is 3.29. The summed E-state index contributed by atoms with van der Waals surface area (Å²) in [7, 11) is 1.91. The Morgan fingerprint density at radius 1 is 1.47 bits per heavy atom. The topological polar surface area (TPSA) is 66.3 Å². The van der Waals surface area contributed by atoms with Crippen molar-refractivity contribution in [3.8, 4) is 0 Å². The molecule has 0 radical (unpaired) electrons. The summed E-state index contributed by atoms with van der Waals surface area (Å²) in [5, 5.41) is 10.9. The van der Waals surface area contributed by atoms with Crippen LogP contribution in [0.5, 0.6) is 0 Å². The van der Waals surface area contributed by atoms with Crippen LogP contribution in [0, 0.1) is 0 Å². The van der Waals surface area contributed by atoms with Gasteiger partial charge in [-0.2, -0.15) is 0 Å². The Labute approximate surface area is 115 Å². The number of aromatic nitrogens is 2. The lowest BCUT2D eigenvalue weighted by Crippen LogP contribution is -2.32. The first-order chi connectivity index (χ1) is 9.08. The Kier molecular flexibility index (Phi) is 4.11. The van der Waals surface area contributed by atoms with E-state index in [9.17, 15) is 4.79 Å².